The Bertz CT molecular complexity index is 687. The molecule has 6 heteroatoms. The Labute approximate surface area is 171 Å². The van der Waals surface area contributed by atoms with Crippen molar-refractivity contribution in [2.75, 3.05) is 25.0 Å². The van der Waals surface area contributed by atoms with E-state index in [0.29, 0.717) is 12.5 Å². The molecule has 1 saturated heterocycles. The van der Waals surface area contributed by atoms with Gasteiger partial charge in [-0.2, -0.15) is 0 Å². The monoisotopic (exact) mass is 470 g/mol. The Morgan fingerprint density at radius 3 is 2.52 bits per heavy atom. The summed E-state index contributed by atoms with van der Waals surface area (Å²) in [7, 11) is 0. The van der Waals surface area contributed by atoms with Gasteiger partial charge < -0.3 is 11.1 Å². The molecule has 0 spiro atoms. The Hall–Kier alpha value is -1.31. The Balaban J connectivity index is 0.00000225. The van der Waals surface area contributed by atoms with Gasteiger partial charge in [-0.05, 0) is 55.8 Å². The molecule has 134 valence electrons. The highest BCUT2D eigenvalue weighted by atomic mass is 127. The van der Waals surface area contributed by atoms with Crippen molar-refractivity contribution in [3.05, 3.63) is 65.2 Å². The quantitative estimate of drug-likeness (QED) is 0.384. The molecule has 0 radical (unpaired) electrons. The molecule has 1 aliphatic heterocycles. The van der Waals surface area contributed by atoms with Gasteiger partial charge in [0, 0.05) is 10.7 Å². The maximum Gasteiger partial charge on any atom is 0.193 e. The summed E-state index contributed by atoms with van der Waals surface area (Å²) in [5, 5.41) is 3.89. The summed E-state index contributed by atoms with van der Waals surface area (Å²) in [5.74, 6) is 0.437. The smallest absolute Gasteiger partial charge is 0.193 e. The number of halogens is 2. The van der Waals surface area contributed by atoms with Crippen LogP contribution in [0.15, 0.2) is 59.6 Å². The molecule has 2 aromatic rings. The van der Waals surface area contributed by atoms with E-state index in [9.17, 15) is 0 Å². The number of nitrogens with two attached hydrogens (primary N) is 1. The third-order valence-corrected chi connectivity index (χ3v) is 4.53. The van der Waals surface area contributed by atoms with Gasteiger partial charge in [0.15, 0.2) is 5.96 Å². The van der Waals surface area contributed by atoms with Crippen molar-refractivity contribution in [2.45, 2.75) is 18.9 Å². The minimum absolute atomic E-state index is 0. The summed E-state index contributed by atoms with van der Waals surface area (Å²) in [4.78, 5) is 7.03. The van der Waals surface area contributed by atoms with E-state index in [1.807, 2.05) is 48.5 Å². The number of nitrogens with zero attached hydrogens (tertiary/aromatic N) is 2. The fourth-order valence-electron chi connectivity index (χ4n) is 3.09. The molecular weight excluding hydrogens is 447 g/mol. The maximum absolute atomic E-state index is 6.17. The number of aliphatic imine (C=N–C) groups is 1. The van der Waals surface area contributed by atoms with E-state index in [2.05, 4.69) is 21.3 Å². The Morgan fingerprint density at radius 2 is 1.84 bits per heavy atom. The van der Waals surface area contributed by atoms with Crippen molar-refractivity contribution in [3.63, 3.8) is 0 Å². The number of benzene rings is 2. The molecule has 1 heterocycles. The van der Waals surface area contributed by atoms with E-state index in [-0.39, 0.29) is 30.0 Å². The zero-order chi connectivity index (χ0) is 16.8. The van der Waals surface area contributed by atoms with Crippen LogP contribution in [-0.4, -0.2) is 30.5 Å². The van der Waals surface area contributed by atoms with Crippen LogP contribution in [0.25, 0.3) is 0 Å². The second-order valence-corrected chi connectivity index (χ2v) is 6.47. The molecule has 0 bridgehead atoms. The predicted octanol–water partition coefficient (Wildman–Crippen LogP) is 4.52. The number of likely N-dealkylation sites (tertiary alicyclic amines) is 1. The molecule has 1 atom stereocenters. The first kappa shape index (κ1) is 20.0. The van der Waals surface area contributed by atoms with Crippen molar-refractivity contribution in [1.29, 1.82) is 0 Å². The largest absolute Gasteiger partial charge is 0.370 e. The lowest BCUT2D eigenvalue weighted by Gasteiger charge is -2.26. The van der Waals surface area contributed by atoms with Gasteiger partial charge in [-0.15, -0.1) is 24.0 Å². The van der Waals surface area contributed by atoms with Crippen LogP contribution in [0.5, 0.6) is 0 Å². The number of nitrogens with one attached hydrogen (secondary N) is 1. The van der Waals surface area contributed by atoms with Crippen LogP contribution in [-0.2, 0) is 0 Å². The van der Waals surface area contributed by atoms with Gasteiger partial charge in [-0.25, -0.2) is 0 Å². The predicted molar refractivity (Wildman–Crippen MR) is 117 cm³/mol. The summed E-state index contributed by atoms with van der Waals surface area (Å²) >= 11 is 6.17. The first-order valence-electron chi connectivity index (χ1n) is 8.34. The van der Waals surface area contributed by atoms with E-state index in [1.165, 1.54) is 18.4 Å². The minimum atomic E-state index is 0. The average molecular weight is 471 g/mol. The second-order valence-electron chi connectivity index (χ2n) is 6.03. The lowest BCUT2D eigenvalue weighted by atomic mass is 10.1. The number of rotatable bonds is 5. The molecule has 0 amide bonds. The van der Waals surface area contributed by atoms with Gasteiger partial charge in [0.2, 0.25) is 0 Å². The van der Waals surface area contributed by atoms with Crippen LogP contribution < -0.4 is 11.1 Å². The molecule has 3 N–H and O–H groups in total. The standard InChI is InChI=1S/C19H23ClN4.HI/c20-16-8-6-7-15(13-16)18(24-11-4-5-12-24)14-22-19(21)23-17-9-2-1-3-10-17;/h1-3,6-10,13,18H,4-5,11-12,14H2,(H3,21,22,23);1H. The number of hydrogen-bond donors (Lipinski definition) is 2. The van der Waals surface area contributed by atoms with Gasteiger partial charge in [0.1, 0.15) is 0 Å². The van der Waals surface area contributed by atoms with E-state index in [1.54, 1.807) is 0 Å². The van der Waals surface area contributed by atoms with E-state index < -0.39 is 0 Å². The lowest BCUT2D eigenvalue weighted by Crippen LogP contribution is -2.30. The highest BCUT2D eigenvalue weighted by Gasteiger charge is 2.23. The van der Waals surface area contributed by atoms with E-state index in [0.717, 1.165) is 23.8 Å². The molecule has 0 aromatic heterocycles. The second kappa shape index (κ2) is 9.99. The zero-order valence-electron chi connectivity index (χ0n) is 14.1. The van der Waals surface area contributed by atoms with Crippen molar-refractivity contribution in [2.24, 2.45) is 10.7 Å². The Morgan fingerprint density at radius 1 is 1.12 bits per heavy atom. The molecule has 4 nitrogen and oxygen atoms in total. The van der Waals surface area contributed by atoms with Gasteiger partial charge in [-0.3, -0.25) is 9.89 Å². The summed E-state index contributed by atoms with van der Waals surface area (Å²) in [5.41, 5.74) is 8.19. The van der Waals surface area contributed by atoms with Crippen LogP contribution in [0.1, 0.15) is 24.4 Å². The third kappa shape index (κ3) is 5.87. The minimum Gasteiger partial charge on any atom is -0.370 e. The zero-order valence-corrected chi connectivity index (χ0v) is 17.2. The number of hydrogen-bond acceptors (Lipinski definition) is 2. The van der Waals surface area contributed by atoms with Gasteiger partial charge in [-0.1, -0.05) is 41.9 Å². The maximum atomic E-state index is 6.17. The number of anilines is 1. The van der Waals surface area contributed by atoms with Crippen molar-refractivity contribution in [3.8, 4) is 0 Å². The van der Waals surface area contributed by atoms with Gasteiger partial charge >= 0.3 is 0 Å². The lowest BCUT2D eigenvalue weighted by molar-refractivity contribution is 0.252. The average Bonchev–Trinajstić information content (AvgIpc) is 3.10. The first-order chi connectivity index (χ1) is 11.7. The molecule has 3 rings (SSSR count). The topological polar surface area (TPSA) is 53.6 Å². The molecular formula is C19H24ClIN4. The van der Waals surface area contributed by atoms with Crippen molar-refractivity contribution in [1.82, 2.24) is 4.90 Å². The van der Waals surface area contributed by atoms with E-state index in [4.69, 9.17) is 17.3 Å². The van der Waals surface area contributed by atoms with Crippen molar-refractivity contribution < 1.29 is 0 Å². The summed E-state index contributed by atoms with van der Waals surface area (Å²) in [6.07, 6.45) is 2.47. The van der Waals surface area contributed by atoms with Crippen LogP contribution in [0.2, 0.25) is 5.02 Å². The molecule has 0 saturated carbocycles. The van der Waals surface area contributed by atoms with Gasteiger partial charge in [0.05, 0.1) is 12.6 Å². The summed E-state index contributed by atoms with van der Waals surface area (Å²) < 4.78 is 0. The molecule has 25 heavy (non-hydrogen) atoms. The number of guanidine groups is 1. The first-order valence-corrected chi connectivity index (χ1v) is 8.72. The Kier molecular flexibility index (Phi) is 7.99. The fourth-order valence-corrected chi connectivity index (χ4v) is 3.29. The van der Waals surface area contributed by atoms with Crippen LogP contribution >= 0.6 is 35.6 Å². The molecule has 1 unspecified atom stereocenters. The SMILES string of the molecule is I.NC(=NCC(c1cccc(Cl)c1)N1CCCC1)Nc1ccccc1. The normalized spacial score (nSPS) is 16.3. The van der Waals surface area contributed by atoms with Gasteiger partial charge in [0.25, 0.3) is 0 Å². The van der Waals surface area contributed by atoms with Crippen molar-refractivity contribution >= 4 is 47.2 Å². The van der Waals surface area contributed by atoms with Crippen LogP contribution in [0, 0.1) is 0 Å². The highest BCUT2D eigenvalue weighted by Crippen LogP contribution is 2.27. The molecule has 2 aromatic carbocycles. The van der Waals surface area contributed by atoms with Crippen LogP contribution in [0.3, 0.4) is 0 Å². The third-order valence-electron chi connectivity index (χ3n) is 4.30. The van der Waals surface area contributed by atoms with Crippen LogP contribution in [0.4, 0.5) is 5.69 Å². The molecule has 1 aliphatic rings. The highest BCUT2D eigenvalue weighted by molar-refractivity contribution is 14.0. The number of para-hydroxylation sites is 1. The molecule has 0 aliphatic carbocycles. The summed E-state index contributed by atoms with van der Waals surface area (Å²) in [6, 6.07) is 18.1. The van der Waals surface area contributed by atoms with E-state index >= 15 is 0 Å². The summed E-state index contributed by atoms with van der Waals surface area (Å²) in [6.45, 7) is 2.81. The molecule has 1 fully saturated rings. The fraction of sp³-hybridized carbons (Fsp3) is 0.316.